The van der Waals surface area contributed by atoms with Crippen LogP contribution < -0.4 is 11.2 Å². The Hall–Kier alpha value is -2.93. The normalized spacial score (nSPS) is 11.5. The molecule has 0 fully saturated rings. The Kier molecular flexibility index (Phi) is 5.14. The number of benzene rings is 2. The summed E-state index contributed by atoms with van der Waals surface area (Å²) in [6.45, 7) is 4.03. The topological polar surface area (TPSA) is 78.1 Å². The predicted molar refractivity (Wildman–Crippen MR) is 103 cm³/mol. The van der Waals surface area contributed by atoms with Gasteiger partial charge in [-0.3, -0.25) is 9.36 Å². The van der Waals surface area contributed by atoms with Crippen LogP contribution in [-0.2, 0) is 16.4 Å². The summed E-state index contributed by atoms with van der Waals surface area (Å²) in [7, 11) is -4.07. The molecule has 0 aliphatic carbocycles. The molecule has 0 aliphatic heterocycles. The smallest absolute Gasteiger partial charge is 0.299 e. The van der Waals surface area contributed by atoms with Crippen LogP contribution in [0.25, 0.3) is 5.69 Å². The second-order valence-corrected chi connectivity index (χ2v) is 8.18. The highest BCUT2D eigenvalue weighted by molar-refractivity contribution is 7.91. The van der Waals surface area contributed by atoms with Gasteiger partial charge in [0.1, 0.15) is 0 Å². The van der Waals surface area contributed by atoms with Crippen LogP contribution in [0, 0.1) is 6.92 Å². The fraction of sp³-hybridized carbons (Fsp3) is 0.200. The van der Waals surface area contributed by atoms with Crippen LogP contribution in [0.1, 0.15) is 18.9 Å². The maximum atomic E-state index is 13.1. The van der Waals surface area contributed by atoms with Crippen molar-refractivity contribution in [3.8, 4) is 5.69 Å². The lowest BCUT2D eigenvalue weighted by Gasteiger charge is -2.13. The quantitative estimate of drug-likeness (QED) is 0.677. The van der Waals surface area contributed by atoms with Crippen molar-refractivity contribution in [2.45, 2.75) is 36.6 Å². The van der Waals surface area contributed by atoms with E-state index < -0.39 is 26.0 Å². The monoisotopic (exact) mass is 384 g/mol. The van der Waals surface area contributed by atoms with E-state index in [0.29, 0.717) is 18.7 Å². The molecule has 27 heavy (non-hydrogen) atoms. The SMILES string of the molecule is CCCn1cc(S(=O)(=O)c2ccc(C)cc2)c(=O)n(-c2ccccc2)c1=O. The second-order valence-electron chi connectivity index (χ2n) is 6.26. The Morgan fingerprint density at radius 3 is 2.15 bits per heavy atom. The number of nitrogens with zero attached hydrogens (tertiary/aromatic N) is 2. The molecule has 0 N–H and O–H groups in total. The van der Waals surface area contributed by atoms with Gasteiger partial charge in [-0.05, 0) is 37.6 Å². The van der Waals surface area contributed by atoms with Gasteiger partial charge in [0.2, 0.25) is 9.84 Å². The standard InChI is InChI=1S/C20H20N2O4S/c1-3-13-21-14-18(27(25,26)17-11-9-15(2)10-12-17)19(23)22(20(21)24)16-7-5-4-6-8-16/h4-12,14H,3,13H2,1-2H3. The number of para-hydroxylation sites is 1. The first-order valence-electron chi connectivity index (χ1n) is 8.60. The number of hydrogen-bond donors (Lipinski definition) is 0. The summed E-state index contributed by atoms with van der Waals surface area (Å²) in [4.78, 5) is 25.4. The van der Waals surface area contributed by atoms with E-state index >= 15 is 0 Å². The highest BCUT2D eigenvalue weighted by atomic mass is 32.2. The predicted octanol–water partition coefficient (Wildman–Crippen LogP) is 2.55. The minimum Gasteiger partial charge on any atom is -0.299 e. The third-order valence-corrected chi connectivity index (χ3v) is 5.98. The maximum Gasteiger partial charge on any atom is 0.335 e. The first kappa shape index (κ1) is 18.8. The lowest BCUT2D eigenvalue weighted by atomic mass is 10.2. The third kappa shape index (κ3) is 3.50. The summed E-state index contributed by atoms with van der Waals surface area (Å²) in [5.41, 5.74) is -0.167. The summed E-state index contributed by atoms with van der Waals surface area (Å²) >= 11 is 0. The molecule has 0 atom stereocenters. The van der Waals surface area contributed by atoms with Crippen LogP contribution in [-0.4, -0.2) is 17.6 Å². The van der Waals surface area contributed by atoms with Gasteiger partial charge in [0.05, 0.1) is 10.6 Å². The van der Waals surface area contributed by atoms with Gasteiger partial charge < -0.3 is 0 Å². The van der Waals surface area contributed by atoms with E-state index in [2.05, 4.69) is 0 Å². The molecule has 0 saturated carbocycles. The van der Waals surface area contributed by atoms with Gasteiger partial charge in [-0.15, -0.1) is 0 Å². The van der Waals surface area contributed by atoms with Gasteiger partial charge >= 0.3 is 5.69 Å². The summed E-state index contributed by atoms with van der Waals surface area (Å²) in [5, 5.41) is 0. The highest BCUT2D eigenvalue weighted by Crippen LogP contribution is 2.18. The molecule has 7 heteroatoms. The van der Waals surface area contributed by atoms with E-state index in [-0.39, 0.29) is 4.90 Å². The Morgan fingerprint density at radius 2 is 1.56 bits per heavy atom. The zero-order valence-electron chi connectivity index (χ0n) is 15.1. The van der Waals surface area contributed by atoms with E-state index in [9.17, 15) is 18.0 Å². The molecule has 140 valence electrons. The van der Waals surface area contributed by atoms with Crippen LogP contribution in [0.3, 0.4) is 0 Å². The molecule has 1 heterocycles. The van der Waals surface area contributed by atoms with Crippen LogP contribution in [0.4, 0.5) is 0 Å². The Morgan fingerprint density at radius 1 is 0.926 bits per heavy atom. The molecule has 2 aromatic carbocycles. The molecule has 0 radical (unpaired) electrons. The maximum absolute atomic E-state index is 13.1. The van der Waals surface area contributed by atoms with Crippen molar-refractivity contribution < 1.29 is 8.42 Å². The number of sulfone groups is 1. The van der Waals surface area contributed by atoms with Crippen molar-refractivity contribution in [3.05, 3.63) is 87.2 Å². The number of hydrogen-bond acceptors (Lipinski definition) is 4. The molecule has 3 rings (SSSR count). The van der Waals surface area contributed by atoms with Crippen molar-refractivity contribution in [3.63, 3.8) is 0 Å². The van der Waals surface area contributed by atoms with Crippen molar-refractivity contribution in [2.24, 2.45) is 0 Å². The minimum absolute atomic E-state index is 0.0199. The average molecular weight is 384 g/mol. The second kappa shape index (κ2) is 7.36. The van der Waals surface area contributed by atoms with E-state index in [1.54, 1.807) is 42.5 Å². The molecule has 6 nitrogen and oxygen atoms in total. The van der Waals surface area contributed by atoms with E-state index in [1.165, 1.54) is 16.7 Å². The van der Waals surface area contributed by atoms with E-state index in [1.807, 2.05) is 13.8 Å². The summed E-state index contributed by atoms with van der Waals surface area (Å²) in [5.74, 6) is 0. The molecule has 0 spiro atoms. The van der Waals surface area contributed by atoms with Crippen LogP contribution >= 0.6 is 0 Å². The van der Waals surface area contributed by atoms with Crippen molar-refractivity contribution in [2.75, 3.05) is 0 Å². The molecular weight excluding hydrogens is 364 g/mol. The van der Waals surface area contributed by atoms with Crippen LogP contribution in [0.2, 0.25) is 0 Å². The molecule has 0 amide bonds. The zero-order chi connectivity index (χ0) is 19.6. The first-order chi connectivity index (χ1) is 12.9. The first-order valence-corrected chi connectivity index (χ1v) is 10.1. The van der Waals surface area contributed by atoms with Gasteiger partial charge in [0, 0.05) is 12.7 Å². The molecule has 0 aliphatic rings. The van der Waals surface area contributed by atoms with E-state index in [0.717, 1.165) is 16.3 Å². The fourth-order valence-corrected chi connectivity index (χ4v) is 4.15. The Labute approximate surface area is 157 Å². The average Bonchev–Trinajstić information content (AvgIpc) is 2.65. The molecule has 1 aromatic heterocycles. The summed E-state index contributed by atoms with van der Waals surface area (Å²) < 4.78 is 28.4. The van der Waals surface area contributed by atoms with Gasteiger partial charge in [-0.1, -0.05) is 42.8 Å². The summed E-state index contributed by atoms with van der Waals surface area (Å²) in [6.07, 6.45) is 1.78. The molecule has 0 bridgehead atoms. The largest absolute Gasteiger partial charge is 0.335 e. The number of aryl methyl sites for hydroxylation is 2. The molecule has 0 saturated heterocycles. The number of aromatic nitrogens is 2. The van der Waals surface area contributed by atoms with E-state index in [4.69, 9.17) is 0 Å². The third-order valence-electron chi connectivity index (χ3n) is 4.22. The van der Waals surface area contributed by atoms with Crippen LogP contribution in [0.15, 0.2) is 80.2 Å². The van der Waals surface area contributed by atoms with Crippen molar-refractivity contribution >= 4 is 9.84 Å². The zero-order valence-corrected chi connectivity index (χ0v) is 15.9. The molecule has 3 aromatic rings. The Bertz CT molecular complexity index is 1180. The Balaban J connectivity index is 2.34. The molecule has 0 unspecified atom stereocenters. The fourth-order valence-electron chi connectivity index (χ4n) is 2.81. The van der Waals surface area contributed by atoms with Gasteiger partial charge in [0.15, 0.2) is 4.90 Å². The van der Waals surface area contributed by atoms with Crippen molar-refractivity contribution in [1.82, 2.24) is 9.13 Å². The summed E-state index contributed by atoms with van der Waals surface area (Å²) in [6, 6.07) is 14.6. The lowest BCUT2D eigenvalue weighted by molar-refractivity contribution is 0.572. The van der Waals surface area contributed by atoms with Crippen molar-refractivity contribution in [1.29, 1.82) is 0 Å². The molecular formula is C20H20N2O4S. The van der Waals surface area contributed by atoms with Gasteiger partial charge in [0.25, 0.3) is 5.56 Å². The number of rotatable bonds is 5. The van der Waals surface area contributed by atoms with Gasteiger partial charge in [-0.25, -0.2) is 17.8 Å². The minimum atomic E-state index is -4.07. The van der Waals surface area contributed by atoms with Crippen LogP contribution in [0.5, 0.6) is 0 Å². The lowest BCUT2D eigenvalue weighted by Crippen LogP contribution is -2.41. The van der Waals surface area contributed by atoms with Gasteiger partial charge in [-0.2, -0.15) is 0 Å². The highest BCUT2D eigenvalue weighted by Gasteiger charge is 2.25.